The summed E-state index contributed by atoms with van der Waals surface area (Å²) in [6.45, 7) is 1.56. The Kier molecular flexibility index (Phi) is 4.15. The molecule has 0 aromatic heterocycles. The second-order valence-corrected chi connectivity index (χ2v) is 5.33. The van der Waals surface area contributed by atoms with Crippen molar-refractivity contribution in [2.75, 3.05) is 0 Å². The first-order valence-corrected chi connectivity index (χ1v) is 7.39. The summed E-state index contributed by atoms with van der Waals surface area (Å²) in [5, 5.41) is 6.06. The van der Waals surface area contributed by atoms with Crippen molar-refractivity contribution < 1.29 is 4.79 Å². The van der Waals surface area contributed by atoms with Gasteiger partial charge in [0.15, 0.2) is 0 Å². The highest BCUT2D eigenvalue weighted by molar-refractivity contribution is 6.00. The number of amides is 1. The first-order valence-electron chi connectivity index (χ1n) is 7.39. The molecule has 0 N–H and O–H groups in total. The van der Waals surface area contributed by atoms with Gasteiger partial charge in [0, 0.05) is 13.3 Å². The Morgan fingerprint density at radius 2 is 1.68 bits per heavy atom. The van der Waals surface area contributed by atoms with Crippen molar-refractivity contribution in [2.45, 2.75) is 19.4 Å². The zero-order valence-corrected chi connectivity index (χ0v) is 12.5. The number of hydrogen-bond acceptors (Lipinski definition) is 2. The standard InChI is InChI=1S/C19H18N2O/c1-15(22)21-19(17-10-6-3-7-11-17)14-18(20-21)13-12-16-8-4-2-5-9-16/h2-13,19H,14H2,1H3/b13-12+/t19-/m1/s1. The monoisotopic (exact) mass is 290 g/mol. The van der Waals surface area contributed by atoms with Gasteiger partial charge in [-0.2, -0.15) is 5.10 Å². The molecule has 1 aliphatic heterocycles. The van der Waals surface area contributed by atoms with Crippen molar-refractivity contribution in [2.24, 2.45) is 5.10 Å². The number of carbonyl (C=O) groups excluding carboxylic acids is 1. The van der Waals surface area contributed by atoms with E-state index in [2.05, 4.69) is 5.10 Å². The molecule has 0 bridgehead atoms. The zero-order valence-electron chi connectivity index (χ0n) is 12.5. The molecular formula is C19H18N2O. The lowest BCUT2D eigenvalue weighted by Gasteiger charge is -2.20. The second-order valence-electron chi connectivity index (χ2n) is 5.33. The van der Waals surface area contributed by atoms with Gasteiger partial charge < -0.3 is 0 Å². The fraction of sp³-hybridized carbons (Fsp3) is 0.158. The average Bonchev–Trinajstić information content (AvgIpc) is 2.99. The Morgan fingerprint density at radius 1 is 1.05 bits per heavy atom. The van der Waals surface area contributed by atoms with Crippen molar-refractivity contribution in [3.05, 3.63) is 77.9 Å². The van der Waals surface area contributed by atoms with Crippen LogP contribution in [0.4, 0.5) is 0 Å². The first-order chi connectivity index (χ1) is 10.7. The van der Waals surface area contributed by atoms with Crippen molar-refractivity contribution in [3.63, 3.8) is 0 Å². The molecule has 3 heteroatoms. The highest BCUT2D eigenvalue weighted by atomic mass is 16.2. The van der Waals surface area contributed by atoms with Crippen LogP contribution >= 0.6 is 0 Å². The Labute approximate surface area is 130 Å². The third-order valence-electron chi connectivity index (χ3n) is 3.71. The van der Waals surface area contributed by atoms with Gasteiger partial charge in [0.25, 0.3) is 0 Å². The molecule has 1 aliphatic rings. The normalized spacial score (nSPS) is 17.8. The lowest BCUT2D eigenvalue weighted by Crippen LogP contribution is -2.24. The maximum atomic E-state index is 11.8. The van der Waals surface area contributed by atoms with E-state index >= 15 is 0 Å². The van der Waals surface area contributed by atoms with Gasteiger partial charge in [0.1, 0.15) is 0 Å². The van der Waals surface area contributed by atoms with E-state index in [1.54, 1.807) is 11.9 Å². The Balaban J connectivity index is 1.81. The molecule has 3 nitrogen and oxygen atoms in total. The molecular weight excluding hydrogens is 272 g/mol. The second kappa shape index (κ2) is 6.39. The number of nitrogens with zero attached hydrogens (tertiary/aromatic N) is 2. The van der Waals surface area contributed by atoms with Gasteiger partial charge in [-0.05, 0) is 17.2 Å². The third kappa shape index (κ3) is 3.14. The van der Waals surface area contributed by atoms with Crippen LogP contribution in [0.25, 0.3) is 6.08 Å². The van der Waals surface area contributed by atoms with Crippen LogP contribution in [0, 0.1) is 0 Å². The molecule has 0 fully saturated rings. The predicted molar refractivity (Wildman–Crippen MR) is 89.2 cm³/mol. The van der Waals surface area contributed by atoms with Gasteiger partial charge in [-0.1, -0.05) is 66.7 Å². The topological polar surface area (TPSA) is 32.7 Å². The summed E-state index contributed by atoms with van der Waals surface area (Å²) < 4.78 is 0. The number of hydrogen-bond donors (Lipinski definition) is 0. The smallest absolute Gasteiger partial charge is 0.240 e. The van der Waals surface area contributed by atoms with E-state index < -0.39 is 0 Å². The molecule has 0 spiro atoms. The SMILES string of the molecule is CC(=O)N1N=C(/C=C/c2ccccc2)C[C@@H]1c1ccccc1. The van der Waals surface area contributed by atoms with Gasteiger partial charge in [-0.15, -0.1) is 0 Å². The molecule has 2 aromatic rings. The molecule has 1 atom stereocenters. The maximum absolute atomic E-state index is 11.8. The van der Waals surface area contributed by atoms with E-state index in [-0.39, 0.29) is 11.9 Å². The van der Waals surface area contributed by atoms with Crippen molar-refractivity contribution in [1.82, 2.24) is 5.01 Å². The van der Waals surface area contributed by atoms with Crippen LogP contribution in [0.5, 0.6) is 0 Å². The largest absolute Gasteiger partial charge is 0.273 e. The summed E-state index contributed by atoms with van der Waals surface area (Å²) in [5.41, 5.74) is 3.17. The number of allylic oxidation sites excluding steroid dienone is 1. The number of hydrazone groups is 1. The molecule has 3 rings (SSSR count). The van der Waals surface area contributed by atoms with E-state index in [1.807, 2.05) is 72.8 Å². The van der Waals surface area contributed by atoms with Crippen LogP contribution in [0.3, 0.4) is 0 Å². The fourth-order valence-corrected chi connectivity index (χ4v) is 2.62. The molecule has 1 amide bonds. The van der Waals surface area contributed by atoms with E-state index in [1.165, 1.54) is 0 Å². The van der Waals surface area contributed by atoms with Crippen LogP contribution in [0.15, 0.2) is 71.8 Å². The Hall–Kier alpha value is -2.68. The van der Waals surface area contributed by atoms with Crippen molar-refractivity contribution in [3.8, 4) is 0 Å². The lowest BCUT2D eigenvalue weighted by atomic mass is 10.0. The molecule has 0 unspecified atom stereocenters. The molecule has 0 aliphatic carbocycles. The highest BCUT2D eigenvalue weighted by Crippen LogP contribution is 2.31. The summed E-state index contributed by atoms with van der Waals surface area (Å²) in [4.78, 5) is 11.8. The Morgan fingerprint density at radius 3 is 2.32 bits per heavy atom. The van der Waals surface area contributed by atoms with E-state index in [9.17, 15) is 4.79 Å². The zero-order chi connectivity index (χ0) is 15.4. The molecule has 0 radical (unpaired) electrons. The quantitative estimate of drug-likeness (QED) is 0.839. The first kappa shape index (κ1) is 14.3. The fourth-order valence-electron chi connectivity index (χ4n) is 2.62. The number of benzene rings is 2. The van der Waals surface area contributed by atoms with Crippen LogP contribution < -0.4 is 0 Å². The average molecular weight is 290 g/mol. The maximum Gasteiger partial charge on any atom is 0.240 e. The third-order valence-corrected chi connectivity index (χ3v) is 3.71. The van der Waals surface area contributed by atoms with Crippen LogP contribution in [-0.4, -0.2) is 16.6 Å². The summed E-state index contributed by atoms with van der Waals surface area (Å²) in [6, 6.07) is 20.1. The highest BCUT2D eigenvalue weighted by Gasteiger charge is 2.29. The van der Waals surface area contributed by atoms with E-state index in [0.29, 0.717) is 0 Å². The summed E-state index contributed by atoms with van der Waals surface area (Å²) in [7, 11) is 0. The van der Waals surface area contributed by atoms with Gasteiger partial charge >= 0.3 is 0 Å². The molecule has 2 aromatic carbocycles. The van der Waals surface area contributed by atoms with E-state index in [0.717, 1.165) is 23.3 Å². The summed E-state index contributed by atoms with van der Waals surface area (Å²) in [6.07, 6.45) is 4.77. The molecule has 0 saturated heterocycles. The van der Waals surface area contributed by atoms with Gasteiger partial charge in [0.05, 0.1) is 11.8 Å². The molecule has 0 saturated carbocycles. The van der Waals surface area contributed by atoms with E-state index in [4.69, 9.17) is 0 Å². The minimum Gasteiger partial charge on any atom is -0.273 e. The number of carbonyl (C=O) groups is 1. The van der Waals surface area contributed by atoms with Crippen LogP contribution in [-0.2, 0) is 4.79 Å². The van der Waals surface area contributed by atoms with Crippen LogP contribution in [0.2, 0.25) is 0 Å². The Bertz CT molecular complexity index is 705. The van der Waals surface area contributed by atoms with Crippen molar-refractivity contribution in [1.29, 1.82) is 0 Å². The molecule has 22 heavy (non-hydrogen) atoms. The van der Waals surface area contributed by atoms with Gasteiger partial charge in [0.2, 0.25) is 5.91 Å². The van der Waals surface area contributed by atoms with Crippen LogP contribution in [0.1, 0.15) is 30.5 Å². The summed E-state index contributed by atoms with van der Waals surface area (Å²) in [5.74, 6) is -0.0306. The van der Waals surface area contributed by atoms with Gasteiger partial charge in [-0.3, -0.25) is 4.79 Å². The van der Waals surface area contributed by atoms with Gasteiger partial charge in [-0.25, -0.2) is 5.01 Å². The van der Waals surface area contributed by atoms with Crippen molar-refractivity contribution >= 4 is 17.7 Å². The number of rotatable bonds is 3. The summed E-state index contributed by atoms with van der Waals surface area (Å²) >= 11 is 0. The predicted octanol–water partition coefficient (Wildman–Crippen LogP) is 4.05. The minimum absolute atomic E-state index is 0.00544. The lowest BCUT2D eigenvalue weighted by molar-refractivity contribution is -0.130. The molecule has 1 heterocycles. The molecule has 110 valence electrons. The minimum atomic E-state index is -0.0306.